The Morgan fingerprint density at radius 1 is 1.50 bits per heavy atom. The third kappa shape index (κ3) is 1.84. The Hall–Kier alpha value is -1.32. The number of hydrogen-bond acceptors (Lipinski definition) is 3. The van der Waals surface area contributed by atoms with Crippen LogP contribution in [0, 0.1) is 3.83 Å². The van der Waals surface area contributed by atoms with Crippen molar-refractivity contribution in [2.75, 3.05) is 0 Å². The smallest absolute Gasteiger partial charge is 0.408 e. The summed E-state index contributed by atoms with van der Waals surface area (Å²) in [7, 11) is 0. The van der Waals surface area contributed by atoms with E-state index in [-0.39, 0.29) is 13.0 Å². The highest BCUT2D eigenvalue weighted by atomic mass is 127. The number of amides is 1. The van der Waals surface area contributed by atoms with Crippen molar-refractivity contribution >= 4 is 34.7 Å². The maximum absolute atomic E-state index is 10.9. The van der Waals surface area contributed by atoms with E-state index in [0.717, 1.165) is 4.90 Å². The second kappa shape index (κ2) is 3.92. The lowest BCUT2D eigenvalue weighted by Crippen LogP contribution is -2.48. The van der Waals surface area contributed by atoms with Crippen molar-refractivity contribution in [1.82, 2.24) is 14.9 Å². The van der Waals surface area contributed by atoms with Crippen molar-refractivity contribution in [3.05, 3.63) is 15.2 Å². The number of carboxylic acids is 1. The SMILES string of the molecule is O=C(O)C1Cc2nc(I)[nH]c2CN1C(=O)O. The molecule has 0 aromatic carbocycles. The zero-order chi connectivity index (χ0) is 11.9. The molecule has 1 aliphatic rings. The quantitative estimate of drug-likeness (QED) is 0.647. The van der Waals surface area contributed by atoms with Gasteiger partial charge in [0.25, 0.3) is 0 Å². The highest BCUT2D eigenvalue weighted by molar-refractivity contribution is 14.1. The van der Waals surface area contributed by atoms with Crippen LogP contribution >= 0.6 is 22.6 Å². The van der Waals surface area contributed by atoms with Crippen molar-refractivity contribution in [3.8, 4) is 0 Å². The van der Waals surface area contributed by atoms with Gasteiger partial charge in [0.2, 0.25) is 0 Å². The molecule has 0 spiro atoms. The van der Waals surface area contributed by atoms with Crippen LogP contribution in [0.25, 0.3) is 0 Å². The Labute approximate surface area is 104 Å². The number of carboxylic acid groups (broad SMARTS) is 2. The summed E-state index contributed by atoms with van der Waals surface area (Å²) in [6.07, 6.45) is -1.13. The van der Waals surface area contributed by atoms with Crippen LogP contribution in [-0.2, 0) is 17.8 Å². The van der Waals surface area contributed by atoms with Crippen LogP contribution in [0.3, 0.4) is 0 Å². The van der Waals surface area contributed by atoms with Gasteiger partial charge < -0.3 is 15.2 Å². The fraction of sp³-hybridized carbons (Fsp3) is 0.375. The summed E-state index contributed by atoms with van der Waals surface area (Å²) in [4.78, 5) is 29.8. The van der Waals surface area contributed by atoms with Gasteiger partial charge in [0.05, 0.1) is 17.9 Å². The van der Waals surface area contributed by atoms with Gasteiger partial charge in [0, 0.05) is 6.42 Å². The van der Waals surface area contributed by atoms with Gasteiger partial charge in [-0.25, -0.2) is 14.6 Å². The molecular weight excluding hydrogens is 329 g/mol. The molecule has 0 fully saturated rings. The summed E-state index contributed by atoms with van der Waals surface area (Å²) < 4.78 is 0.638. The molecule has 1 aromatic rings. The molecule has 0 saturated heterocycles. The third-order valence-corrected chi connectivity index (χ3v) is 2.97. The van der Waals surface area contributed by atoms with Gasteiger partial charge in [-0.05, 0) is 22.6 Å². The maximum atomic E-state index is 10.9. The van der Waals surface area contributed by atoms with Crippen molar-refractivity contribution in [2.45, 2.75) is 19.0 Å². The number of aromatic amines is 1. The van der Waals surface area contributed by atoms with Crippen molar-refractivity contribution in [3.63, 3.8) is 0 Å². The molecule has 2 heterocycles. The molecule has 1 aliphatic heterocycles. The van der Waals surface area contributed by atoms with Crippen molar-refractivity contribution in [2.24, 2.45) is 0 Å². The van der Waals surface area contributed by atoms with Crippen LogP contribution in [0.4, 0.5) is 4.79 Å². The summed E-state index contributed by atoms with van der Waals surface area (Å²) in [5.41, 5.74) is 1.30. The number of aliphatic carboxylic acids is 1. The molecule has 3 N–H and O–H groups in total. The molecule has 0 radical (unpaired) electrons. The normalized spacial score (nSPS) is 19.3. The number of rotatable bonds is 1. The van der Waals surface area contributed by atoms with E-state index < -0.39 is 18.1 Å². The van der Waals surface area contributed by atoms with Crippen molar-refractivity contribution < 1.29 is 19.8 Å². The Morgan fingerprint density at radius 2 is 2.19 bits per heavy atom. The molecule has 1 atom stereocenters. The number of carbonyl (C=O) groups is 2. The summed E-state index contributed by atoms with van der Waals surface area (Å²) in [5.74, 6) is -1.15. The highest BCUT2D eigenvalue weighted by Crippen LogP contribution is 2.22. The minimum atomic E-state index is -1.23. The molecule has 7 nitrogen and oxygen atoms in total. The first-order chi connectivity index (χ1) is 7.49. The molecule has 86 valence electrons. The monoisotopic (exact) mass is 337 g/mol. The van der Waals surface area contributed by atoms with E-state index in [9.17, 15) is 9.59 Å². The summed E-state index contributed by atoms with van der Waals surface area (Å²) in [6, 6.07) is -1.05. The summed E-state index contributed by atoms with van der Waals surface area (Å²) >= 11 is 1.97. The average molecular weight is 337 g/mol. The second-order valence-corrected chi connectivity index (χ2v) is 4.44. The van der Waals surface area contributed by atoms with E-state index in [1.165, 1.54) is 0 Å². The number of aromatic nitrogens is 2. The van der Waals surface area contributed by atoms with E-state index in [1.54, 1.807) is 0 Å². The van der Waals surface area contributed by atoms with E-state index in [1.807, 2.05) is 22.6 Å². The number of hydrogen-bond donors (Lipinski definition) is 3. The predicted molar refractivity (Wildman–Crippen MR) is 60.0 cm³/mol. The Kier molecular flexibility index (Phi) is 2.74. The zero-order valence-electron chi connectivity index (χ0n) is 7.97. The number of nitrogens with zero attached hydrogens (tertiary/aromatic N) is 2. The molecule has 1 unspecified atom stereocenters. The fourth-order valence-corrected chi connectivity index (χ4v) is 2.32. The van der Waals surface area contributed by atoms with Gasteiger partial charge in [-0.1, -0.05) is 0 Å². The van der Waals surface area contributed by atoms with E-state index in [2.05, 4.69) is 9.97 Å². The molecule has 1 aromatic heterocycles. The lowest BCUT2D eigenvalue weighted by molar-refractivity contribution is -0.143. The molecule has 2 rings (SSSR count). The van der Waals surface area contributed by atoms with Gasteiger partial charge in [-0.15, -0.1) is 0 Å². The Bertz CT molecular complexity index is 419. The van der Waals surface area contributed by atoms with Crippen LogP contribution in [0.1, 0.15) is 11.4 Å². The minimum Gasteiger partial charge on any atom is -0.480 e. The van der Waals surface area contributed by atoms with Crippen LogP contribution < -0.4 is 0 Å². The van der Waals surface area contributed by atoms with Crippen molar-refractivity contribution in [1.29, 1.82) is 0 Å². The van der Waals surface area contributed by atoms with Crippen LogP contribution in [0.5, 0.6) is 0 Å². The van der Waals surface area contributed by atoms with Gasteiger partial charge in [0.1, 0.15) is 6.04 Å². The number of fused-ring (bicyclic) bond motifs is 1. The van der Waals surface area contributed by atoms with Crippen LogP contribution in [0.15, 0.2) is 0 Å². The van der Waals surface area contributed by atoms with E-state index in [4.69, 9.17) is 10.2 Å². The minimum absolute atomic E-state index is 0.0393. The van der Waals surface area contributed by atoms with Gasteiger partial charge in [-0.2, -0.15) is 0 Å². The molecule has 8 heteroatoms. The second-order valence-electron chi connectivity index (χ2n) is 3.42. The lowest BCUT2D eigenvalue weighted by atomic mass is 10.0. The Morgan fingerprint density at radius 3 is 2.75 bits per heavy atom. The predicted octanol–water partition coefficient (Wildman–Crippen LogP) is 0.504. The number of H-pyrrole nitrogens is 1. The topological polar surface area (TPSA) is 107 Å². The van der Waals surface area contributed by atoms with E-state index >= 15 is 0 Å². The average Bonchev–Trinajstić information content (AvgIpc) is 2.54. The first kappa shape index (κ1) is 11.2. The molecule has 0 saturated carbocycles. The number of nitrogens with one attached hydrogen (secondary N) is 1. The summed E-state index contributed by atoms with van der Waals surface area (Å²) in [5, 5.41) is 17.9. The summed E-state index contributed by atoms with van der Waals surface area (Å²) in [6.45, 7) is 0.0393. The molecule has 16 heavy (non-hydrogen) atoms. The molecule has 0 bridgehead atoms. The van der Waals surface area contributed by atoms with Crippen LogP contribution in [0.2, 0.25) is 0 Å². The van der Waals surface area contributed by atoms with E-state index in [0.29, 0.717) is 15.2 Å². The fourth-order valence-electron chi connectivity index (χ4n) is 1.71. The number of halogens is 1. The molecule has 0 aliphatic carbocycles. The highest BCUT2D eigenvalue weighted by Gasteiger charge is 2.36. The largest absolute Gasteiger partial charge is 0.480 e. The molecular formula is C8H8IN3O4. The first-order valence-corrected chi connectivity index (χ1v) is 5.52. The van der Waals surface area contributed by atoms with Gasteiger partial charge in [-0.3, -0.25) is 4.90 Å². The maximum Gasteiger partial charge on any atom is 0.408 e. The lowest BCUT2D eigenvalue weighted by Gasteiger charge is -2.29. The zero-order valence-corrected chi connectivity index (χ0v) is 10.1. The molecule has 1 amide bonds. The van der Waals surface area contributed by atoms with Gasteiger partial charge in [0.15, 0.2) is 3.83 Å². The van der Waals surface area contributed by atoms with Crippen LogP contribution in [-0.4, -0.2) is 43.2 Å². The first-order valence-electron chi connectivity index (χ1n) is 4.44. The number of imidazole rings is 1. The third-order valence-electron chi connectivity index (χ3n) is 2.46. The van der Waals surface area contributed by atoms with Gasteiger partial charge >= 0.3 is 12.1 Å². The standard InChI is InChI=1S/C8H8IN3O4/c9-7-10-3-1-5(6(13)14)12(8(15)16)2-4(3)11-7/h5H,1-2H2,(H,10,11)(H,13,14)(H,15,16). The Balaban J connectivity index is 2.36.